The highest BCUT2D eigenvalue weighted by Crippen LogP contribution is 2.32. The van der Waals surface area contributed by atoms with Crippen molar-refractivity contribution in [2.75, 3.05) is 31.6 Å². The van der Waals surface area contributed by atoms with Gasteiger partial charge in [-0.25, -0.2) is 8.42 Å². The first kappa shape index (κ1) is 18.2. The number of rotatable bonds is 6. The van der Waals surface area contributed by atoms with Gasteiger partial charge in [-0.05, 0) is 25.0 Å². The molecule has 0 N–H and O–H groups in total. The van der Waals surface area contributed by atoms with Crippen LogP contribution >= 0.6 is 0 Å². The van der Waals surface area contributed by atoms with Crippen molar-refractivity contribution in [1.82, 2.24) is 4.31 Å². The SMILES string of the molecule is CN(CCC#N)c1ccc(S(=O)(=O)N2CCCCC2)cc1[N+](=O)[O-]. The maximum atomic E-state index is 12.7. The molecule has 0 aromatic heterocycles. The van der Waals surface area contributed by atoms with Crippen molar-refractivity contribution in [1.29, 1.82) is 5.26 Å². The fraction of sp³-hybridized carbons (Fsp3) is 0.533. The van der Waals surface area contributed by atoms with Gasteiger partial charge in [0.05, 0.1) is 22.3 Å². The summed E-state index contributed by atoms with van der Waals surface area (Å²) in [7, 11) is -2.08. The van der Waals surface area contributed by atoms with E-state index in [0.29, 0.717) is 25.3 Å². The fourth-order valence-corrected chi connectivity index (χ4v) is 4.26. The molecular weight excluding hydrogens is 332 g/mol. The van der Waals surface area contributed by atoms with E-state index in [2.05, 4.69) is 0 Å². The lowest BCUT2D eigenvalue weighted by Crippen LogP contribution is -2.35. The van der Waals surface area contributed by atoms with Crippen LogP contribution in [0.15, 0.2) is 23.1 Å². The lowest BCUT2D eigenvalue weighted by Gasteiger charge is -2.26. The number of hydrogen-bond donors (Lipinski definition) is 0. The Labute approximate surface area is 141 Å². The number of nitriles is 1. The van der Waals surface area contributed by atoms with Gasteiger partial charge in [0.1, 0.15) is 5.69 Å². The maximum absolute atomic E-state index is 12.7. The molecule has 0 amide bonds. The molecule has 0 bridgehead atoms. The van der Waals surface area contributed by atoms with Crippen LogP contribution in [0.1, 0.15) is 25.7 Å². The molecule has 1 aromatic carbocycles. The Morgan fingerprint density at radius 1 is 1.33 bits per heavy atom. The van der Waals surface area contributed by atoms with Gasteiger partial charge in [-0.15, -0.1) is 0 Å². The highest BCUT2D eigenvalue weighted by Gasteiger charge is 2.29. The van der Waals surface area contributed by atoms with E-state index in [0.717, 1.165) is 25.3 Å². The number of anilines is 1. The Morgan fingerprint density at radius 2 is 2.00 bits per heavy atom. The second kappa shape index (κ2) is 7.59. The highest BCUT2D eigenvalue weighted by molar-refractivity contribution is 7.89. The number of sulfonamides is 1. The Hall–Kier alpha value is -2.18. The van der Waals surface area contributed by atoms with E-state index in [1.807, 2.05) is 6.07 Å². The number of hydrogen-bond acceptors (Lipinski definition) is 6. The third kappa shape index (κ3) is 3.83. The first-order chi connectivity index (χ1) is 11.4. The zero-order chi connectivity index (χ0) is 17.7. The Balaban J connectivity index is 2.38. The second-order valence-corrected chi connectivity index (χ2v) is 7.64. The molecule has 1 aromatic rings. The molecule has 24 heavy (non-hydrogen) atoms. The zero-order valence-electron chi connectivity index (χ0n) is 13.5. The predicted octanol–water partition coefficient (Wildman–Crippen LogP) is 2.12. The number of benzene rings is 1. The standard InChI is InChI=1S/C15H20N4O4S/c1-17(9-5-8-16)14-7-6-13(12-15(14)19(20)21)24(22,23)18-10-3-2-4-11-18/h6-7,12H,2-5,9-11H2,1H3. The summed E-state index contributed by atoms with van der Waals surface area (Å²) in [5, 5.41) is 20.0. The monoisotopic (exact) mass is 352 g/mol. The first-order valence-corrected chi connectivity index (χ1v) is 9.18. The average Bonchev–Trinajstić information content (AvgIpc) is 2.59. The Bertz CT molecular complexity index is 751. The van der Waals surface area contributed by atoms with Crippen LogP contribution in [0.2, 0.25) is 0 Å². The van der Waals surface area contributed by atoms with Gasteiger partial charge in [0.15, 0.2) is 0 Å². The van der Waals surface area contributed by atoms with Crippen LogP contribution in [0.25, 0.3) is 0 Å². The normalized spacial score (nSPS) is 15.7. The van der Waals surface area contributed by atoms with Gasteiger partial charge in [0, 0.05) is 32.7 Å². The first-order valence-electron chi connectivity index (χ1n) is 7.74. The van der Waals surface area contributed by atoms with E-state index in [-0.39, 0.29) is 17.0 Å². The number of piperidine rings is 1. The summed E-state index contributed by atoms with van der Waals surface area (Å²) in [4.78, 5) is 12.3. The van der Waals surface area contributed by atoms with E-state index in [1.165, 1.54) is 16.4 Å². The third-order valence-electron chi connectivity index (χ3n) is 4.07. The molecule has 0 atom stereocenters. The largest absolute Gasteiger partial charge is 0.368 e. The van der Waals surface area contributed by atoms with E-state index in [1.54, 1.807) is 11.9 Å². The van der Waals surface area contributed by atoms with Crippen LogP contribution in [0.5, 0.6) is 0 Å². The van der Waals surface area contributed by atoms with Gasteiger partial charge in [0.2, 0.25) is 10.0 Å². The summed E-state index contributed by atoms with van der Waals surface area (Å²) < 4.78 is 26.7. The minimum atomic E-state index is -3.72. The summed E-state index contributed by atoms with van der Waals surface area (Å²) in [6, 6.07) is 5.93. The third-order valence-corrected chi connectivity index (χ3v) is 5.96. The minimum Gasteiger partial charge on any atom is -0.368 e. The van der Waals surface area contributed by atoms with Crippen molar-refractivity contribution in [3.05, 3.63) is 28.3 Å². The van der Waals surface area contributed by atoms with Crippen molar-refractivity contribution < 1.29 is 13.3 Å². The maximum Gasteiger partial charge on any atom is 0.293 e. The van der Waals surface area contributed by atoms with Crippen LogP contribution in [0.3, 0.4) is 0 Å². The fourth-order valence-electron chi connectivity index (χ4n) is 2.73. The van der Waals surface area contributed by atoms with Gasteiger partial charge in [-0.1, -0.05) is 6.42 Å². The molecule has 9 heteroatoms. The summed E-state index contributed by atoms with van der Waals surface area (Å²) >= 11 is 0. The average molecular weight is 352 g/mol. The molecule has 1 heterocycles. The van der Waals surface area contributed by atoms with Crippen molar-refractivity contribution in [3.63, 3.8) is 0 Å². The zero-order valence-corrected chi connectivity index (χ0v) is 14.3. The quantitative estimate of drug-likeness (QED) is 0.573. The van der Waals surface area contributed by atoms with Crippen LogP contribution in [-0.4, -0.2) is 44.3 Å². The Morgan fingerprint density at radius 3 is 2.58 bits per heavy atom. The van der Waals surface area contributed by atoms with Gasteiger partial charge in [-0.2, -0.15) is 9.57 Å². The van der Waals surface area contributed by atoms with E-state index in [9.17, 15) is 18.5 Å². The molecule has 0 spiro atoms. The van der Waals surface area contributed by atoms with Gasteiger partial charge < -0.3 is 4.90 Å². The number of nitro benzene ring substituents is 1. The van der Waals surface area contributed by atoms with Crippen LogP contribution in [-0.2, 0) is 10.0 Å². The molecule has 130 valence electrons. The highest BCUT2D eigenvalue weighted by atomic mass is 32.2. The van der Waals surface area contributed by atoms with Crippen LogP contribution < -0.4 is 4.90 Å². The Kier molecular flexibility index (Phi) is 5.75. The number of nitrogens with zero attached hydrogens (tertiary/aromatic N) is 4. The van der Waals surface area contributed by atoms with E-state index < -0.39 is 14.9 Å². The van der Waals surface area contributed by atoms with Crippen molar-refractivity contribution >= 4 is 21.4 Å². The summed E-state index contributed by atoms with van der Waals surface area (Å²) in [6.45, 7) is 1.22. The molecule has 0 unspecified atom stereocenters. The molecule has 1 aliphatic rings. The molecule has 1 saturated heterocycles. The molecule has 1 aliphatic heterocycles. The lowest BCUT2D eigenvalue weighted by molar-refractivity contribution is -0.384. The summed E-state index contributed by atoms with van der Waals surface area (Å²) in [6.07, 6.45) is 2.82. The summed E-state index contributed by atoms with van der Waals surface area (Å²) in [5.41, 5.74) is 0.0290. The van der Waals surface area contributed by atoms with E-state index in [4.69, 9.17) is 5.26 Å². The molecule has 1 fully saturated rings. The van der Waals surface area contributed by atoms with Gasteiger partial charge >= 0.3 is 0 Å². The van der Waals surface area contributed by atoms with Crippen molar-refractivity contribution in [2.45, 2.75) is 30.6 Å². The van der Waals surface area contributed by atoms with Crippen molar-refractivity contribution in [3.8, 4) is 6.07 Å². The van der Waals surface area contributed by atoms with E-state index >= 15 is 0 Å². The van der Waals surface area contributed by atoms with Crippen LogP contribution in [0.4, 0.5) is 11.4 Å². The van der Waals surface area contributed by atoms with Gasteiger partial charge in [-0.3, -0.25) is 10.1 Å². The van der Waals surface area contributed by atoms with Crippen LogP contribution in [0, 0.1) is 21.4 Å². The molecule has 0 aliphatic carbocycles. The second-order valence-electron chi connectivity index (χ2n) is 5.70. The minimum absolute atomic E-state index is 0.0615. The topological polar surface area (TPSA) is 108 Å². The predicted molar refractivity (Wildman–Crippen MR) is 89.2 cm³/mol. The molecule has 0 radical (unpaired) electrons. The van der Waals surface area contributed by atoms with Crippen molar-refractivity contribution in [2.24, 2.45) is 0 Å². The molecule has 0 saturated carbocycles. The lowest BCUT2D eigenvalue weighted by atomic mass is 10.2. The smallest absolute Gasteiger partial charge is 0.293 e. The molecule has 8 nitrogen and oxygen atoms in total. The number of nitro groups is 1. The van der Waals surface area contributed by atoms with Gasteiger partial charge in [0.25, 0.3) is 5.69 Å². The molecule has 2 rings (SSSR count). The summed E-state index contributed by atoms with van der Waals surface area (Å²) in [5.74, 6) is 0. The molecular formula is C15H20N4O4S.